The van der Waals surface area contributed by atoms with Crippen LogP contribution in [0.5, 0.6) is 0 Å². The van der Waals surface area contributed by atoms with E-state index in [1.807, 2.05) is 0 Å². The normalized spacial score (nSPS) is 18.6. The van der Waals surface area contributed by atoms with E-state index in [1.165, 1.54) is 38.7 Å². The second kappa shape index (κ2) is 6.33. The Morgan fingerprint density at radius 2 is 2.11 bits per heavy atom. The van der Waals surface area contributed by atoms with Crippen LogP contribution in [0.15, 0.2) is 10.8 Å². The van der Waals surface area contributed by atoms with Crippen LogP contribution in [0.2, 0.25) is 0 Å². The smallest absolute Gasteiger partial charge is 0.146 e. The SMILES string of the molecule is CC(CN1CCCCC1)Nc1ncnc(N)c1Br. The summed E-state index contributed by atoms with van der Waals surface area (Å²) in [6.07, 6.45) is 5.48. The highest BCUT2D eigenvalue weighted by Crippen LogP contribution is 2.24. The van der Waals surface area contributed by atoms with E-state index in [-0.39, 0.29) is 0 Å². The molecule has 0 bridgehead atoms. The van der Waals surface area contributed by atoms with Gasteiger partial charge in [0.2, 0.25) is 0 Å². The third kappa shape index (κ3) is 3.55. The molecule has 1 atom stereocenters. The van der Waals surface area contributed by atoms with Crippen molar-refractivity contribution < 1.29 is 0 Å². The van der Waals surface area contributed by atoms with Crippen molar-refractivity contribution in [1.29, 1.82) is 0 Å². The number of anilines is 2. The summed E-state index contributed by atoms with van der Waals surface area (Å²) >= 11 is 3.41. The zero-order chi connectivity index (χ0) is 13.0. The maximum Gasteiger partial charge on any atom is 0.146 e. The second-order valence-electron chi connectivity index (χ2n) is 4.83. The predicted molar refractivity (Wildman–Crippen MR) is 77.5 cm³/mol. The van der Waals surface area contributed by atoms with Gasteiger partial charge in [-0.2, -0.15) is 0 Å². The molecule has 0 aromatic carbocycles. The Morgan fingerprint density at radius 3 is 2.83 bits per heavy atom. The van der Waals surface area contributed by atoms with Crippen LogP contribution < -0.4 is 11.1 Å². The molecule has 6 heteroatoms. The van der Waals surface area contributed by atoms with E-state index in [0.29, 0.717) is 11.9 Å². The number of halogens is 1. The Balaban J connectivity index is 1.90. The number of piperidine rings is 1. The monoisotopic (exact) mass is 313 g/mol. The van der Waals surface area contributed by atoms with Crippen LogP contribution in [0.3, 0.4) is 0 Å². The minimum atomic E-state index is 0.341. The summed E-state index contributed by atoms with van der Waals surface area (Å²) in [7, 11) is 0. The van der Waals surface area contributed by atoms with Crippen molar-refractivity contribution in [3.05, 3.63) is 10.8 Å². The number of aromatic nitrogens is 2. The maximum atomic E-state index is 5.73. The third-order valence-corrected chi connectivity index (χ3v) is 3.96. The van der Waals surface area contributed by atoms with E-state index in [2.05, 4.69) is 43.0 Å². The highest BCUT2D eigenvalue weighted by atomic mass is 79.9. The molecular formula is C12H20BrN5. The number of nitrogens with two attached hydrogens (primary N) is 1. The third-order valence-electron chi connectivity index (χ3n) is 3.18. The second-order valence-corrected chi connectivity index (χ2v) is 5.62. The van der Waals surface area contributed by atoms with Gasteiger partial charge in [0.15, 0.2) is 0 Å². The highest BCUT2D eigenvalue weighted by Gasteiger charge is 2.15. The first-order valence-corrected chi connectivity index (χ1v) is 7.21. The van der Waals surface area contributed by atoms with Crippen molar-refractivity contribution in [3.8, 4) is 0 Å². The van der Waals surface area contributed by atoms with Gasteiger partial charge in [0.1, 0.15) is 22.4 Å². The molecule has 1 unspecified atom stereocenters. The quantitative estimate of drug-likeness (QED) is 0.891. The van der Waals surface area contributed by atoms with Crippen molar-refractivity contribution >= 4 is 27.6 Å². The van der Waals surface area contributed by atoms with Gasteiger partial charge < -0.3 is 16.0 Å². The lowest BCUT2D eigenvalue weighted by Gasteiger charge is -2.29. The van der Waals surface area contributed by atoms with Crippen molar-refractivity contribution in [2.24, 2.45) is 0 Å². The van der Waals surface area contributed by atoms with Gasteiger partial charge in [-0.25, -0.2) is 9.97 Å². The first kappa shape index (κ1) is 13.5. The van der Waals surface area contributed by atoms with Gasteiger partial charge in [-0.15, -0.1) is 0 Å². The molecule has 2 rings (SSSR count). The molecule has 0 saturated carbocycles. The Kier molecular flexibility index (Phi) is 4.77. The average molecular weight is 314 g/mol. The van der Waals surface area contributed by atoms with E-state index < -0.39 is 0 Å². The molecule has 1 aromatic rings. The lowest BCUT2D eigenvalue weighted by atomic mass is 10.1. The van der Waals surface area contributed by atoms with Crippen molar-refractivity contribution in [1.82, 2.24) is 14.9 Å². The molecule has 1 aliphatic rings. The number of nitrogens with one attached hydrogen (secondary N) is 1. The zero-order valence-electron chi connectivity index (χ0n) is 10.7. The number of hydrogen-bond donors (Lipinski definition) is 2. The van der Waals surface area contributed by atoms with E-state index in [0.717, 1.165) is 16.8 Å². The summed E-state index contributed by atoms with van der Waals surface area (Å²) in [5, 5.41) is 3.38. The highest BCUT2D eigenvalue weighted by molar-refractivity contribution is 9.10. The first-order chi connectivity index (χ1) is 8.66. The van der Waals surface area contributed by atoms with Gasteiger partial charge in [-0.05, 0) is 48.8 Å². The largest absolute Gasteiger partial charge is 0.383 e. The van der Waals surface area contributed by atoms with E-state index in [9.17, 15) is 0 Å². The topological polar surface area (TPSA) is 67.1 Å². The van der Waals surface area contributed by atoms with E-state index in [1.54, 1.807) is 0 Å². The molecule has 5 nitrogen and oxygen atoms in total. The molecule has 1 aromatic heterocycles. The summed E-state index contributed by atoms with van der Waals surface area (Å²) in [5.41, 5.74) is 5.73. The summed E-state index contributed by atoms with van der Waals surface area (Å²) in [6.45, 7) is 5.62. The van der Waals surface area contributed by atoms with E-state index >= 15 is 0 Å². The molecule has 0 radical (unpaired) electrons. The minimum Gasteiger partial charge on any atom is -0.383 e. The minimum absolute atomic E-state index is 0.341. The van der Waals surface area contributed by atoms with Gasteiger partial charge in [0.25, 0.3) is 0 Å². The van der Waals surface area contributed by atoms with E-state index in [4.69, 9.17) is 5.73 Å². The molecule has 1 aliphatic heterocycles. The van der Waals surface area contributed by atoms with Crippen molar-refractivity contribution in [2.45, 2.75) is 32.2 Å². The molecule has 18 heavy (non-hydrogen) atoms. The molecule has 1 saturated heterocycles. The number of likely N-dealkylation sites (tertiary alicyclic amines) is 1. The average Bonchev–Trinajstić information content (AvgIpc) is 2.36. The summed E-state index contributed by atoms with van der Waals surface area (Å²) in [5.74, 6) is 1.24. The summed E-state index contributed by atoms with van der Waals surface area (Å²) in [6, 6.07) is 0.341. The van der Waals surface area contributed by atoms with Crippen LogP contribution in [-0.2, 0) is 0 Å². The fourth-order valence-corrected chi connectivity index (χ4v) is 2.61. The standard InChI is InChI=1S/C12H20BrN5/c1-9(7-18-5-3-2-4-6-18)17-12-10(13)11(14)15-8-16-12/h8-9H,2-7H2,1H3,(H3,14,15,16,17). The van der Waals surface area contributed by atoms with Crippen LogP contribution in [0.4, 0.5) is 11.6 Å². The van der Waals surface area contributed by atoms with Crippen LogP contribution >= 0.6 is 15.9 Å². The van der Waals surface area contributed by atoms with Crippen LogP contribution in [-0.4, -0.2) is 40.5 Å². The lowest BCUT2D eigenvalue weighted by Crippen LogP contribution is -2.38. The van der Waals surface area contributed by atoms with Crippen LogP contribution in [0.1, 0.15) is 26.2 Å². The molecule has 1 fully saturated rings. The molecule has 0 amide bonds. The fourth-order valence-electron chi connectivity index (χ4n) is 2.29. The van der Waals surface area contributed by atoms with Gasteiger partial charge >= 0.3 is 0 Å². The molecule has 2 heterocycles. The summed E-state index contributed by atoms with van der Waals surface area (Å²) in [4.78, 5) is 10.6. The molecule has 0 aliphatic carbocycles. The fraction of sp³-hybridized carbons (Fsp3) is 0.667. The predicted octanol–water partition coefficient (Wildman–Crippen LogP) is 2.11. The molecule has 3 N–H and O–H groups in total. The Morgan fingerprint density at radius 1 is 1.39 bits per heavy atom. The lowest BCUT2D eigenvalue weighted by molar-refractivity contribution is 0.223. The molecule has 0 spiro atoms. The van der Waals surface area contributed by atoms with Crippen molar-refractivity contribution in [3.63, 3.8) is 0 Å². The number of hydrogen-bond acceptors (Lipinski definition) is 5. The number of rotatable bonds is 4. The van der Waals surface area contributed by atoms with Gasteiger partial charge in [0, 0.05) is 12.6 Å². The molecule has 100 valence electrons. The number of nitrogen functional groups attached to an aromatic ring is 1. The maximum absolute atomic E-state index is 5.73. The zero-order valence-corrected chi connectivity index (χ0v) is 12.3. The Hall–Kier alpha value is -0.880. The van der Waals surface area contributed by atoms with Gasteiger partial charge in [-0.1, -0.05) is 6.42 Å². The first-order valence-electron chi connectivity index (χ1n) is 6.41. The Labute approximate surface area is 116 Å². The molecular weight excluding hydrogens is 294 g/mol. The van der Waals surface area contributed by atoms with Gasteiger partial charge in [0.05, 0.1) is 0 Å². The summed E-state index contributed by atoms with van der Waals surface area (Å²) < 4.78 is 0.746. The van der Waals surface area contributed by atoms with Crippen LogP contribution in [0.25, 0.3) is 0 Å². The Bertz CT molecular complexity index is 392. The van der Waals surface area contributed by atoms with Gasteiger partial charge in [-0.3, -0.25) is 0 Å². The number of nitrogens with zero attached hydrogens (tertiary/aromatic N) is 3. The van der Waals surface area contributed by atoms with Crippen LogP contribution in [0, 0.1) is 0 Å². The van der Waals surface area contributed by atoms with Crippen molar-refractivity contribution in [2.75, 3.05) is 30.7 Å².